The molecule has 0 spiro atoms. The Labute approximate surface area is 253 Å². The molecule has 218 valence electrons. The van der Waals surface area contributed by atoms with Crippen LogP contribution in [0.3, 0.4) is 0 Å². The summed E-state index contributed by atoms with van der Waals surface area (Å²) in [6.07, 6.45) is 7.36. The summed E-state index contributed by atoms with van der Waals surface area (Å²) in [4.78, 5) is 21.3. The number of hydrogen-bond donors (Lipinski definition) is 2. The lowest BCUT2D eigenvalue weighted by Gasteiger charge is -2.26. The van der Waals surface area contributed by atoms with Crippen LogP contribution in [0, 0.1) is 0 Å². The highest BCUT2D eigenvalue weighted by atomic mass is 32.2. The van der Waals surface area contributed by atoms with Gasteiger partial charge < -0.3 is 14.5 Å². The lowest BCUT2D eigenvalue weighted by Crippen LogP contribution is -2.38. The summed E-state index contributed by atoms with van der Waals surface area (Å²) in [7, 11) is 0. The molecular formula is C30H33N7O3S2. The van der Waals surface area contributed by atoms with E-state index < -0.39 is 0 Å². The molecule has 6 rings (SSSR count). The molecule has 0 aliphatic carbocycles. The molecule has 2 N–H and O–H groups in total. The van der Waals surface area contributed by atoms with E-state index in [1.54, 1.807) is 4.90 Å². The van der Waals surface area contributed by atoms with E-state index in [2.05, 4.69) is 66.9 Å². The number of nitrogens with zero attached hydrogens (tertiary/aromatic N) is 5. The number of hydrogen-bond acceptors (Lipinski definition) is 9. The average molecular weight is 604 g/mol. The molecule has 10 nitrogen and oxygen atoms in total. The van der Waals surface area contributed by atoms with E-state index in [9.17, 15) is 4.79 Å². The van der Waals surface area contributed by atoms with E-state index in [0.717, 1.165) is 91.9 Å². The molecule has 0 radical (unpaired) electrons. The molecule has 2 aromatic heterocycles. The van der Waals surface area contributed by atoms with Gasteiger partial charge in [-0.15, -0.1) is 10.2 Å². The van der Waals surface area contributed by atoms with Gasteiger partial charge in [0.2, 0.25) is 0 Å². The molecule has 0 unspecified atom stereocenters. The maximum Gasteiger partial charge on any atom is 0.266 e. The number of carbonyl (C=O) groups excluding carboxylic acids is 1. The van der Waals surface area contributed by atoms with E-state index in [-0.39, 0.29) is 5.91 Å². The van der Waals surface area contributed by atoms with Crippen molar-refractivity contribution < 1.29 is 14.3 Å². The molecule has 1 amide bonds. The third kappa shape index (κ3) is 6.89. The summed E-state index contributed by atoms with van der Waals surface area (Å²) in [6.45, 7) is 5.31. The monoisotopic (exact) mass is 603 g/mol. The number of tetrazole rings is 1. The Balaban J connectivity index is 1.17. The summed E-state index contributed by atoms with van der Waals surface area (Å²) in [5, 5.41) is 15.2. The normalized spacial score (nSPS) is 17.1. The molecule has 2 fully saturated rings. The quantitative estimate of drug-likeness (QED) is 0.136. The Bertz CT molecular complexity index is 1560. The third-order valence-corrected chi connectivity index (χ3v) is 8.87. The number of ether oxygens (including phenoxy) is 2. The number of rotatable bonds is 12. The number of aromatic nitrogens is 5. The van der Waals surface area contributed by atoms with Crippen LogP contribution >= 0.6 is 24.0 Å². The van der Waals surface area contributed by atoms with Crippen molar-refractivity contribution in [2.24, 2.45) is 0 Å². The average Bonchev–Trinajstić information content (AvgIpc) is 3.76. The predicted molar refractivity (Wildman–Crippen MR) is 168 cm³/mol. The summed E-state index contributed by atoms with van der Waals surface area (Å²) in [5.41, 5.74) is 4.12. The summed E-state index contributed by atoms with van der Waals surface area (Å²) >= 11 is 6.97. The second-order valence-corrected chi connectivity index (χ2v) is 12.0. The summed E-state index contributed by atoms with van der Waals surface area (Å²) in [5.74, 6) is 1.41. The Kier molecular flexibility index (Phi) is 9.24. The molecule has 2 aliphatic rings. The minimum atomic E-state index is -0.0541. The number of aromatic amines is 2. The first-order valence-corrected chi connectivity index (χ1v) is 15.5. The van der Waals surface area contributed by atoms with Crippen molar-refractivity contribution in [3.05, 3.63) is 65.0 Å². The van der Waals surface area contributed by atoms with Gasteiger partial charge in [0.05, 0.1) is 18.1 Å². The number of thioether (sulfide) groups is 1. The lowest BCUT2D eigenvalue weighted by molar-refractivity contribution is -0.122. The number of nitrogens with one attached hydrogen (secondary N) is 2. The van der Waals surface area contributed by atoms with Gasteiger partial charge in [-0.25, -0.2) is 0 Å². The maximum atomic E-state index is 13.4. The van der Waals surface area contributed by atoms with Crippen molar-refractivity contribution >= 4 is 51.2 Å². The number of H-pyrrole nitrogens is 2. The number of morpholine rings is 1. The molecule has 2 aromatic carbocycles. The number of benzene rings is 2. The maximum absolute atomic E-state index is 13.4. The van der Waals surface area contributed by atoms with E-state index in [4.69, 9.17) is 21.7 Å². The van der Waals surface area contributed by atoms with Crippen LogP contribution in [0.25, 0.3) is 28.1 Å². The minimum absolute atomic E-state index is 0.0541. The smallest absolute Gasteiger partial charge is 0.266 e. The van der Waals surface area contributed by atoms with Crippen LogP contribution in [0.1, 0.15) is 30.7 Å². The van der Waals surface area contributed by atoms with Crippen LogP contribution < -0.4 is 4.74 Å². The van der Waals surface area contributed by atoms with E-state index in [1.165, 1.54) is 11.8 Å². The van der Waals surface area contributed by atoms with Crippen LogP contribution in [0.4, 0.5) is 0 Å². The van der Waals surface area contributed by atoms with Crippen LogP contribution in [-0.2, 0) is 16.0 Å². The summed E-state index contributed by atoms with van der Waals surface area (Å²) < 4.78 is 12.3. The molecule has 12 heteroatoms. The van der Waals surface area contributed by atoms with Crippen LogP contribution in [0.15, 0.2) is 53.6 Å². The van der Waals surface area contributed by atoms with Gasteiger partial charge in [0, 0.05) is 49.9 Å². The van der Waals surface area contributed by atoms with Crippen molar-refractivity contribution in [3.63, 3.8) is 0 Å². The van der Waals surface area contributed by atoms with Crippen LogP contribution in [0.2, 0.25) is 0 Å². The van der Waals surface area contributed by atoms with Gasteiger partial charge >= 0.3 is 0 Å². The van der Waals surface area contributed by atoms with Gasteiger partial charge in [-0.05, 0) is 65.8 Å². The van der Waals surface area contributed by atoms with E-state index in [1.807, 2.05) is 18.3 Å². The molecule has 2 saturated heterocycles. The first-order chi connectivity index (χ1) is 20.6. The number of amides is 1. The summed E-state index contributed by atoms with van der Waals surface area (Å²) in [6, 6.07) is 14.6. The van der Waals surface area contributed by atoms with Crippen molar-refractivity contribution in [3.8, 4) is 16.9 Å². The zero-order valence-corrected chi connectivity index (χ0v) is 24.9. The predicted octanol–water partition coefficient (Wildman–Crippen LogP) is 4.67. The Morgan fingerprint density at radius 1 is 1.05 bits per heavy atom. The number of carbonyl (C=O) groups is 1. The first kappa shape index (κ1) is 28.5. The van der Waals surface area contributed by atoms with Crippen LogP contribution in [-0.4, -0.2) is 91.6 Å². The Morgan fingerprint density at radius 2 is 1.90 bits per heavy atom. The molecule has 0 saturated carbocycles. The molecule has 42 heavy (non-hydrogen) atoms. The van der Waals surface area contributed by atoms with Gasteiger partial charge in [0.25, 0.3) is 5.91 Å². The van der Waals surface area contributed by atoms with E-state index >= 15 is 0 Å². The largest absolute Gasteiger partial charge is 0.492 e. The fourth-order valence-corrected chi connectivity index (χ4v) is 6.47. The standard InChI is InChI=1S/C30H33N7O3S2/c38-29-27(42-30(41)37(29)11-3-1-2-4-28-32-34-35-33-28)20-24-19-22(21-5-7-25-23(18-21)9-10-31-25)6-8-26(24)40-17-14-36-12-15-39-16-13-36/h5-10,18-20,31H,1-4,11-17H2,(H,32,33,34,35). The zero-order chi connectivity index (χ0) is 28.7. The van der Waals surface area contributed by atoms with Gasteiger partial charge in [-0.3, -0.25) is 14.6 Å². The van der Waals surface area contributed by atoms with Gasteiger partial charge in [0.1, 0.15) is 16.7 Å². The molecular weight excluding hydrogens is 571 g/mol. The Morgan fingerprint density at radius 3 is 2.76 bits per heavy atom. The Hall–Kier alpha value is -3.58. The lowest BCUT2D eigenvalue weighted by atomic mass is 10.0. The topological polar surface area (TPSA) is 112 Å². The zero-order valence-electron chi connectivity index (χ0n) is 23.3. The van der Waals surface area contributed by atoms with Crippen molar-refractivity contribution in [1.29, 1.82) is 0 Å². The van der Waals surface area contributed by atoms with Crippen LogP contribution in [0.5, 0.6) is 5.75 Å². The van der Waals surface area contributed by atoms with Crippen molar-refractivity contribution in [2.45, 2.75) is 25.7 Å². The molecule has 4 heterocycles. The highest BCUT2D eigenvalue weighted by Crippen LogP contribution is 2.36. The minimum Gasteiger partial charge on any atom is -0.492 e. The SMILES string of the molecule is O=C1C(=Cc2cc(-c3ccc4[nH]ccc4c3)ccc2OCCN2CCOCC2)SC(=S)N1CCCCCc1nn[nH]n1. The number of aryl methyl sites for hydroxylation is 1. The number of fused-ring (bicyclic) bond motifs is 1. The van der Waals surface area contributed by atoms with Gasteiger partial charge in [-0.1, -0.05) is 47.7 Å². The van der Waals surface area contributed by atoms with E-state index in [0.29, 0.717) is 28.2 Å². The van der Waals surface area contributed by atoms with Gasteiger partial charge in [0.15, 0.2) is 5.82 Å². The van der Waals surface area contributed by atoms with Crippen molar-refractivity contribution in [2.75, 3.05) is 46.0 Å². The fraction of sp³-hybridized carbons (Fsp3) is 0.367. The number of unbranched alkanes of at least 4 members (excludes halogenated alkanes) is 2. The highest BCUT2D eigenvalue weighted by molar-refractivity contribution is 8.26. The third-order valence-electron chi connectivity index (χ3n) is 7.50. The second kappa shape index (κ2) is 13.6. The van der Waals surface area contributed by atoms with Gasteiger partial charge in [-0.2, -0.15) is 5.21 Å². The molecule has 2 aliphatic heterocycles. The highest BCUT2D eigenvalue weighted by Gasteiger charge is 2.31. The second-order valence-electron chi connectivity index (χ2n) is 10.3. The molecule has 0 atom stereocenters. The molecule has 4 aromatic rings. The first-order valence-electron chi connectivity index (χ1n) is 14.3. The van der Waals surface area contributed by atoms with Crippen molar-refractivity contribution in [1.82, 2.24) is 35.4 Å². The molecule has 0 bridgehead atoms. The fourth-order valence-electron chi connectivity index (χ4n) is 5.17. The number of thiocarbonyl (C=S) groups is 1.